The minimum Gasteiger partial charge on any atom is -0.293 e. The summed E-state index contributed by atoms with van der Waals surface area (Å²) in [5, 5.41) is 0.633. The predicted molar refractivity (Wildman–Crippen MR) is 67.9 cm³/mol. The van der Waals surface area contributed by atoms with Crippen molar-refractivity contribution in [2.24, 2.45) is 0 Å². The maximum atomic E-state index is 11.3. The molecule has 3 heteroatoms. The molecule has 0 spiro atoms. The molecule has 1 aromatic carbocycles. The van der Waals surface area contributed by atoms with Crippen LogP contribution in [-0.4, -0.2) is 16.9 Å². The number of carbonyl (C=O) groups is 1. The van der Waals surface area contributed by atoms with Crippen LogP contribution < -0.4 is 0 Å². The first-order chi connectivity index (χ1) is 7.13. The van der Waals surface area contributed by atoms with E-state index in [1.54, 1.807) is 0 Å². The van der Waals surface area contributed by atoms with Gasteiger partial charge in [0, 0.05) is 11.3 Å². The average molecular weight is 243 g/mol. The van der Waals surface area contributed by atoms with E-state index in [9.17, 15) is 4.79 Å². The highest BCUT2D eigenvalue weighted by molar-refractivity contribution is 7.99. The number of Topliss-reactive ketones (excluding diaryl/α,β-unsaturated/α-hetero) is 1. The number of hydrogen-bond acceptors (Lipinski definition) is 2. The molecule has 0 aromatic heterocycles. The van der Waals surface area contributed by atoms with Crippen molar-refractivity contribution < 1.29 is 4.79 Å². The summed E-state index contributed by atoms with van der Waals surface area (Å²) in [6.45, 7) is 4.35. The van der Waals surface area contributed by atoms with Crippen molar-refractivity contribution in [3.8, 4) is 0 Å². The number of hydrogen-bond donors (Lipinski definition) is 0. The van der Waals surface area contributed by atoms with Crippen molar-refractivity contribution >= 4 is 29.1 Å². The maximum Gasteiger partial charge on any atom is 0.177 e. The lowest BCUT2D eigenvalue weighted by Gasteiger charge is -2.05. The first kappa shape index (κ1) is 12.6. The van der Waals surface area contributed by atoms with E-state index < -0.39 is 0 Å². The third-order valence-corrected chi connectivity index (χ3v) is 3.39. The number of alkyl halides is 1. The molecule has 0 amide bonds. The Balaban J connectivity index is 2.60. The van der Waals surface area contributed by atoms with E-state index in [4.69, 9.17) is 11.6 Å². The van der Waals surface area contributed by atoms with Gasteiger partial charge in [-0.15, -0.1) is 11.6 Å². The minimum atomic E-state index is -0.0141. The Labute approximate surface area is 100 Å². The molecule has 1 rings (SSSR count). The molecule has 0 N–H and O–H groups in total. The fourth-order valence-electron chi connectivity index (χ4n) is 1.13. The lowest BCUT2D eigenvalue weighted by atomic mass is 10.1. The van der Waals surface area contributed by atoms with E-state index in [1.165, 1.54) is 5.56 Å². The highest BCUT2D eigenvalue weighted by atomic mass is 35.5. The molecule has 0 aliphatic heterocycles. The molecule has 0 atom stereocenters. The van der Waals surface area contributed by atoms with E-state index >= 15 is 0 Å². The standard InChI is InChI=1S/C12H15ClOS/c1-9(2)15-8-10-3-5-11(6-4-10)12(14)7-13/h3-6,9H,7-8H2,1-2H3. The molecule has 1 aromatic rings. The third kappa shape index (κ3) is 4.27. The van der Waals surface area contributed by atoms with Gasteiger partial charge in [-0.3, -0.25) is 4.79 Å². The van der Waals surface area contributed by atoms with Crippen molar-refractivity contribution in [1.29, 1.82) is 0 Å². The predicted octanol–water partition coefficient (Wildman–Crippen LogP) is 3.75. The molecular formula is C12H15ClOS. The van der Waals surface area contributed by atoms with Crippen LogP contribution in [0, 0.1) is 0 Å². The molecule has 0 saturated carbocycles. The Kier molecular flexibility index (Phi) is 5.20. The largest absolute Gasteiger partial charge is 0.293 e. The topological polar surface area (TPSA) is 17.1 Å². The van der Waals surface area contributed by atoms with Gasteiger partial charge in [0.05, 0.1) is 5.88 Å². The molecule has 0 aliphatic carbocycles. The monoisotopic (exact) mass is 242 g/mol. The Morgan fingerprint density at radius 3 is 2.40 bits per heavy atom. The number of halogens is 1. The highest BCUT2D eigenvalue weighted by Gasteiger charge is 2.03. The van der Waals surface area contributed by atoms with Crippen molar-refractivity contribution in [3.63, 3.8) is 0 Å². The summed E-state index contributed by atoms with van der Waals surface area (Å²) < 4.78 is 0. The van der Waals surface area contributed by atoms with Crippen LogP contribution >= 0.6 is 23.4 Å². The second kappa shape index (κ2) is 6.19. The van der Waals surface area contributed by atoms with Gasteiger partial charge in [-0.2, -0.15) is 11.8 Å². The van der Waals surface area contributed by atoms with Crippen molar-refractivity contribution in [2.75, 3.05) is 5.88 Å². The van der Waals surface area contributed by atoms with Gasteiger partial charge in [-0.25, -0.2) is 0 Å². The zero-order chi connectivity index (χ0) is 11.3. The van der Waals surface area contributed by atoms with E-state index in [0.29, 0.717) is 10.8 Å². The number of carbonyl (C=O) groups excluding carboxylic acids is 1. The molecule has 0 bridgehead atoms. The zero-order valence-electron chi connectivity index (χ0n) is 9.00. The first-order valence-electron chi connectivity index (χ1n) is 4.93. The summed E-state index contributed by atoms with van der Waals surface area (Å²) in [6, 6.07) is 7.69. The normalized spacial score (nSPS) is 10.7. The smallest absolute Gasteiger partial charge is 0.177 e. The quantitative estimate of drug-likeness (QED) is 0.578. The van der Waals surface area contributed by atoms with Gasteiger partial charge in [0.2, 0.25) is 0 Å². The summed E-state index contributed by atoms with van der Waals surface area (Å²) in [5.41, 5.74) is 1.95. The Hall–Kier alpha value is -0.470. The Bertz CT molecular complexity index is 319. The average Bonchev–Trinajstić information content (AvgIpc) is 2.26. The van der Waals surface area contributed by atoms with Crippen LogP contribution in [0.4, 0.5) is 0 Å². The van der Waals surface area contributed by atoms with E-state index in [1.807, 2.05) is 36.0 Å². The molecule has 0 radical (unpaired) electrons. The highest BCUT2D eigenvalue weighted by Crippen LogP contribution is 2.17. The van der Waals surface area contributed by atoms with Gasteiger partial charge < -0.3 is 0 Å². The molecule has 0 fully saturated rings. The van der Waals surface area contributed by atoms with Gasteiger partial charge in [0.25, 0.3) is 0 Å². The molecule has 0 heterocycles. The molecule has 0 aliphatic rings. The van der Waals surface area contributed by atoms with Crippen LogP contribution in [0.25, 0.3) is 0 Å². The molecular weight excluding hydrogens is 228 g/mol. The van der Waals surface area contributed by atoms with Gasteiger partial charge in [-0.05, 0) is 10.8 Å². The minimum absolute atomic E-state index is 0.0141. The Morgan fingerprint density at radius 1 is 1.33 bits per heavy atom. The van der Waals surface area contributed by atoms with Gasteiger partial charge in [-0.1, -0.05) is 38.1 Å². The van der Waals surface area contributed by atoms with Crippen LogP contribution in [0.3, 0.4) is 0 Å². The second-order valence-corrected chi connectivity index (χ2v) is 5.45. The van der Waals surface area contributed by atoms with Crippen LogP contribution in [0.1, 0.15) is 29.8 Å². The SMILES string of the molecule is CC(C)SCc1ccc(C(=O)CCl)cc1. The van der Waals surface area contributed by atoms with Gasteiger partial charge >= 0.3 is 0 Å². The fraction of sp³-hybridized carbons (Fsp3) is 0.417. The van der Waals surface area contributed by atoms with Crippen LogP contribution in [0.5, 0.6) is 0 Å². The lowest BCUT2D eigenvalue weighted by molar-refractivity contribution is 0.102. The van der Waals surface area contributed by atoms with Crippen LogP contribution in [0.2, 0.25) is 0 Å². The summed E-state index contributed by atoms with van der Waals surface area (Å²) in [4.78, 5) is 11.3. The van der Waals surface area contributed by atoms with Gasteiger partial charge in [0.15, 0.2) is 5.78 Å². The summed E-state index contributed by atoms with van der Waals surface area (Å²) in [6.07, 6.45) is 0. The van der Waals surface area contributed by atoms with Crippen molar-refractivity contribution in [1.82, 2.24) is 0 Å². The van der Waals surface area contributed by atoms with E-state index in [0.717, 1.165) is 5.75 Å². The van der Waals surface area contributed by atoms with E-state index in [-0.39, 0.29) is 11.7 Å². The Morgan fingerprint density at radius 2 is 1.93 bits per heavy atom. The van der Waals surface area contributed by atoms with Crippen LogP contribution in [0.15, 0.2) is 24.3 Å². The lowest BCUT2D eigenvalue weighted by Crippen LogP contribution is -1.99. The van der Waals surface area contributed by atoms with Crippen molar-refractivity contribution in [2.45, 2.75) is 24.9 Å². The second-order valence-electron chi connectivity index (χ2n) is 3.61. The van der Waals surface area contributed by atoms with Crippen molar-refractivity contribution in [3.05, 3.63) is 35.4 Å². The molecule has 0 saturated heterocycles. The van der Waals surface area contributed by atoms with E-state index in [2.05, 4.69) is 13.8 Å². The summed E-state index contributed by atoms with van der Waals surface area (Å²) >= 11 is 7.37. The molecule has 1 nitrogen and oxygen atoms in total. The number of benzene rings is 1. The fourth-order valence-corrected chi connectivity index (χ4v) is 2.00. The number of thioether (sulfide) groups is 1. The maximum absolute atomic E-state index is 11.3. The summed E-state index contributed by atoms with van der Waals surface area (Å²) in [5.74, 6) is 1.03. The third-order valence-electron chi connectivity index (χ3n) is 1.98. The zero-order valence-corrected chi connectivity index (χ0v) is 10.6. The summed E-state index contributed by atoms with van der Waals surface area (Å²) in [7, 11) is 0. The van der Waals surface area contributed by atoms with Gasteiger partial charge in [0.1, 0.15) is 0 Å². The molecule has 82 valence electrons. The molecule has 0 unspecified atom stereocenters. The number of rotatable bonds is 5. The van der Waals surface area contributed by atoms with Crippen LogP contribution in [-0.2, 0) is 5.75 Å². The number of ketones is 1. The molecule has 15 heavy (non-hydrogen) atoms. The first-order valence-corrected chi connectivity index (χ1v) is 6.51.